The highest BCUT2D eigenvalue weighted by Gasteiger charge is 2.20. The van der Waals surface area contributed by atoms with Crippen LogP contribution in [0, 0.1) is 0 Å². The van der Waals surface area contributed by atoms with Crippen molar-refractivity contribution in [1.82, 2.24) is 5.32 Å². The SMILES string of the molecule is CN/C=C(C)\N=C/CC1=C(C)[C@H](C)c2ccccc2C1. The Morgan fingerprint density at radius 1 is 1.40 bits per heavy atom. The second-order valence-corrected chi connectivity index (χ2v) is 5.47. The zero-order valence-corrected chi connectivity index (χ0v) is 12.9. The third kappa shape index (κ3) is 3.19. The predicted octanol–water partition coefficient (Wildman–Crippen LogP) is 4.20. The van der Waals surface area contributed by atoms with Gasteiger partial charge < -0.3 is 5.32 Å². The van der Waals surface area contributed by atoms with Gasteiger partial charge >= 0.3 is 0 Å². The average Bonchev–Trinajstić information content (AvgIpc) is 2.44. The van der Waals surface area contributed by atoms with E-state index < -0.39 is 0 Å². The van der Waals surface area contributed by atoms with Gasteiger partial charge in [-0.3, -0.25) is 4.99 Å². The lowest BCUT2D eigenvalue weighted by atomic mass is 9.79. The zero-order chi connectivity index (χ0) is 14.5. The topological polar surface area (TPSA) is 24.4 Å². The van der Waals surface area contributed by atoms with E-state index >= 15 is 0 Å². The number of nitrogens with zero attached hydrogens (tertiary/aromatic N) is 1. The molecule has 0 aliphatic heterocycles. The molecular formula is C18H24N2. The van der Waals surface area contributed by atoms with E-state index in [1.807, 2.05) is 26.4 Å². The Labute approximate surface area is 122 Å². The van der Waals surface area contributed by atoms with Crippen molar-refractivity contribution in [1.29, 1.82) is 0 Å². The van der Waals surface area contributed by atoms with E-state index in [1.54, 1.807) is 0 Å². The summed E-state index contributed by atoms with van der Waals surface area (Å²) in [6.45, 7) is 6.57. The maximum absolute atomic E-state index is 4.46. The van der Waals surface area contributed by atoms with Crippen LogP contribution in [-0.4, -0.2) is 13.3 Å². The molecule has 0 unspecified atom stereocenters. The van der Waals surface area contributed by atoms with Crippen LogP contribution in [0.3, 0.4) is 0 Å². The van der Waals surface area contributed by atoms with E-state index in [2.05, 4.69) is 48.4 Å². The standard InChI is InChI=1S/C18H24N2/c1-13(12-19-4)20-10-9-16-11-17-7-5-6-8-18(17)15(3)14(16)2/h5-8,10,12,15,19H,9,11H2,1-4H3/b13-12-,20-10-/t15-/m0/s1. The number of benzene rings is 1. The van der Waals surface area contributed by atoms with Crippen LogP contribution in [0.4, 0.5) is 0 Å². The van der Waals surface area contributed by atoms with Gasteiger partial charge in [-0.25, -0.2) is 0 Å². The third-order valence-electron chi connectivity index (χ3n) is 4.12. The molecule has 1 atom stereocenters. The molecule has 0 heterocycles. The zero-order valence-electron chi connectivity index (χ0n) is 12.9. The molecule has 2 nitrogen and oxygen atoms in total. The number of allylic oxidation sites excluding steroid dienone is 3. The van der Waals surface area contributed by atoms with Gasteiger partial charge in [-0.2, -0.15) is 0 Å². The van der Waals surface area contributed by atoms with Crippen molar-refractivity contribution >= 4 is 6.21 Å². The molecule has 0 radical (unpaired) electrons. The summed E-state index contributed by atoms with van der Waals surface area (Å²) in [7, 11) is 1.89. The smallest absolute Gasteiger partial charge is 0.0525 e. The largest absolute Gasteiger partial charge is 0.393 e. The fourth-order valence-corrected chi connectivity index (χ4v) is 2.81. The van der Waals surface area contributed by atoms with Gasteiger partial charge in [0.25, 0.3) is 0 Å². The van der Waals surface area contributed by atoms with E-state index in [0.29, 0.717) is 5.92 Å². The van der Waals surface area contributed by atoms with Crippen molar-refractivity contribution in [3.05, 3.63) is 58.4 Å². The third-order valence-corrected chi connectivity index (χ3v) is 4.12. The van der Waals surface area contributed by atoms with Gasteiger partial charge in [0.05, 0.1) is 5.70 Å². The van der Waals surface area contributed by atoms with Crippen molar-refractivity contribution in [3.63, 3.8) is 0 Å². The van der Waals surface area contributed by atoms with Gasteiger partial charge in [-0.05, 0) is 31.4 Å². The van der Waals surface area contributed by atoms with Gasteiger partial charge in [0, 0.05) is 31.8 Å². The monoisotopic (exact) mass is 268 g/mol. The van der Waals surface area contributed by atoms with Crippen LogP contribution in [-0.2, 0) is 6.42 Å². The Kier molecular flexibility index (Phi) is 4.78. The molecule has 106 valence electrons. The molecule has 20 heavy (non-hydrogen) atoms. The molecular weight excluding hydrogens is 244 g/mol. The number of nitrogens with one attached hydrogen (secondary N) is 1. The maximum atomic E-state index is 4.46. The lowest BCUT2D eigenvalue weighted by Gasteiger charge is -2.26. The quantitative estimate of drug-likeness (QED) is 0.642. The number of aliphatic imine (C=N–C) groups is 1. The minimum absolute atomic E-state index is 0.525. The molecule has 1 N–H and O–H groups in total. The molecule has 1 aromatic carbocycles. The van der Waals surface area contributed by atoms with Crippen molar-refractivity contribution in [2.24, 2.45) is 4.99 Å². The first-order valence-electron chi connectivity index (χ1n) is 7.26. The number of hydrogen-bond acceptors (Lipinski definition) is 2. The van der Waals surface area contributed by atoms with E-state index in [-0.39, 0.29) is 0 Å². The number of fused-ring (bicyclic) bond motifs is 1. The van der Waals surface area contributed by atoms with Gasteiger partial charge in [0.15, 0.2) is 0 Å². The Balaban J connectivity index is 2.14. The summed E-state index contributed by atoms with van der Waals surface area (Å²) in [6, 6.07) is 8.79. The Morgan fingerprint density at radius 2 is 2.15 bits per heavy atom. The predicted molar refractivity (Wildman–Crippen MR) is 87.2 cm³/mol. The highest BCUT2D eigenvalue weighted by atomic mass is 14.8. The molecule has 0 spiro atoms. The van der Waals surface area contributed by atoms with Gasteiger partial charge in [-0.1, -0.05) is 42.3 Å². The van der Waals surface area contributed by atoms with Gasteiger partial charge in [0.1, 0.15) is 0 Å². The average molecular weight is 268 g/mol. The van der Waals surface area contributed by atoms with Crippen LogP contribution in [0.5, 0.6) is 0 Å². The lowest BCUT2D eigenvalue weighted by molar-refractivity contribution is 0.804. The van der Waals surface area contributed by atoms with Crippen LogP contribution < -0.4 is 5.32 Å². The summed E-state index contributed by atoms with van der Waals surface area (Å²) in [5, 5.41) is 3.00. The lowest BCUT2D eigenvalue weighted by Crippen LogP contribution is -2.11. The second-order valence-electron chi connectivity index (χ2n) is 5.47. The normalized spacial score (nSPS) is 19.4. The van der Waals surface area contributed by atoms with Crippen molar-refractivity contribution in [2.45, 2.75) is 39.5 Å². The summed E-state index contributed by atoms with van der Waals surface area (Å²) in [5.41, 5.74) is 6.98. The fraction of sp³-hybridized carbons (Fsp3) is 0.389. The van der Waals surface area contributed by atoms with Crippen LogP contribution in [0.25, 0.3) is 0 Å². The van der Waals surface area contributed by atoms with E-state index in [0.717, 1.165) is 18.5 Å². The van der Waals surface area contributed by atoms with E-state index in [1.165, 1.54) is 22.3 Å². The van der Waals surface area contributed by atoms with Crippen LogP contribution in [0.1, 0.15) is 44.2 Å². The molecule has 2 heteroatoms. The maximum Gasteiger partial charge on any atom is 0.0525 e. The second kappa shape index (κ2) is 6.56. The van der Waals surface area contributed by atoms with Crippen molar-refractivity contribution in [2.75, 3.05) is 7.05 Å². The fourth-order valence-electron chi connectivity index (χ4n) is 2.81. The molecule has 0 saturated carbocycles. The van der Waals surface area contributed by atoms with Crippen LogP contribution in [0.2, 0.25) is 0 Å². The summed E-state index contributed by atoms with van der Waals surface area (Å²) >= 11 is 0. The Morgan fingerprint density at radius 3 is 2.90 bits per heavy atom. The molecule has 0 bridgehead atoms. The highest BCUT2D eigenvalue weighted by molar-refractivity contribution is 5.64. The molecule has 0 amide bonds. The minimum Gasteiger partial charge on any atom is -0.393 e. The first-order valence-corrected chi connectivity index (χ1v) is 7.26. The molecule has 1 aliphatic rings. The molecule has 0 aromatic heterocycles. The van der Waals surface area contributed by atoms with Gasteiger partial charge in [0.2, 0.25) is 0 Å². The summed E-state index contributed by atoms with van der Waals surface area (Å²) < 4.78 is 0. The Hall–Kier alpha value is -1.83. The Bertz CT molecular complexity index is 565. The molecule has 0 fully saturated rings. The van der Waals surface area contributed by atoms with Crippen molar-refractivity contribution < 1.29 is 0 Å². The number of rotatable bonds is 4. The van der Waals surface area contributed by atoms with Crippen LogP contribution >= 0.6 is 0 Å². The summed E-state index contributed by atoms with van der Waals surface area (Å²) in [5.74, 6) is 0.525. The highest BCUT2D eigenvalue weighted by Crippen LogP contribution is 2.36. The molecule has 1 aromatic rings. The first kappa shape index (κ1) is 14.6. The van der Waals surface area contributed by atoms with E-state index in [9.17, 15) is 0 Å². The summed E-state index contributed by atoms with van der Waals surface area (Å²) in [4.78, 5) is 4.46. The molecule has 1 aliphatic carbocycles. The first-order chi connectivity index (χ1) is 9.63. The van der Waals surface area contributed by atoms with E-state index in [4.69, 9.17) is 0 Å². The number of hydrogen-bond donors (Lipinski definition) is 1. The minimum atomic E-state index is 0.525. The summed E-state index contributed by atoms with van der Waals surface area (Å²) in [6.07, 6.45) is 5.95. The van der Waals surface area contributed by atoms with Gasteiger partial charge in [-0.15, -0.1) is 0 Å². The molecule has 0 saturated heterocycles. The van der Waals surface area contributed by atoms with Crippen LogP contribution in [0.15, 0.2) is 52.3 Å². The molecule has 2 rings (SSSR count). The van der Waals surface area contributed by atoms with Crippen molar-refractivity contribution in [3.8, 4) is 0 Å².